The Morgan fingerprint density at radius 3 is 2.55 bits per heavy atom. The van der Waals surface area contributed by atoms with Gasteiger partial charge in [-0.15, -0.1) is 0 Å². The zero-order valence-electron chi connectivity index (χ0n) is 6.10. The first-order chi connectivity index (χ1) is 5.04. The minimum Gasteiger partial charge on any atom is -0.297 e. The highest BCUT2D eigenvalue weighted by atomic mass is 19.4. The second-order valence-electron chi connectivity index (χ2n) is 2.42. The normalized spacial score (nSPS) is 24.7. The van der Waals surface area contributed by atoms with Crippen LogP contribution in [0.1, 0.15) is 6.92 Å². The highest BCUT2D eigenvalue weighted by molar-refractivity contribution is 5.63. The Bertz CT molecular complexity index is 164. The van der Waals surface area contributed by atoms with Crippen LogP contribution in [-0.2, 0) is 0 Å². The first-order valence-corrected chi connectivity index (χ1v) is 3.39. The van der Waals surface area contributed by atoms with Crippen molar-refractivity contribution in [2.45, 2.75) is 13.1 Å². The number of hydrogen-bond acceptors (Lipinski definition) is 2. The Kier molecular flexibility index (Phi) is 2.06. The summed E-state index contributed by atoms with van der Waals surface area (Å²) in [6, 6.07) is 0. The quantitative estimate of drug-likeness (QED) is 0.576. The molecule has 0 saturated heterocycles. The third-order valence-electron chi connectivity index (χ3n) is 1.60. The lowest BCUT2D eigenvalue weighted by atomic mass is 10.2. The number of halogens is 3. The van der Waals surface area contributed by atoms with E-state index in [4.69, 9.17) is 0 Å². The first kappa shape index (κ1) is 8.36. The SMILES string of the molecule is CCN1CC(C(F)(F)F)C=N1. The van der Waals surface area contributed by atoms with Crippen LogP contribution in [0.3, 0.4) is 0 Å². The molecule has 2 nitrogen and oxygen atoms in total. The summed E-state index contributed by atoms with van der Waals surface area (Å²) in [6.45, 7) is 2.28. The molecule has 1 aliphatic heterocycles. The van der Waals surface area contributed by atoms with Crippen LogP contribution in [0.15, 0.2) is 5.10 Å². The van der Waals surface area contributed by atoms with Gasteiger partial charge in [-0.25, -0.2) is 0 Å². The lowest BCUT2D eigenvalue weighted by Gasteiger charge is -2.15. The van der Waals surface area contributed by atoms with Crippen LogP contribution in [0.5, 0.6) is 0 Å². The van der Waals surface area contributed by atoms with Gasteiger partial charge >= 0.3 is 6.18 Å². The fraction of sp³-hybridized carbons (Fsp3) is 0.833. The molecule has 0 aromatic rings. The molecule has 11 heavy (non-hydrogen) atoms. The maximum atomic E-state index is 12.0. The minimum atomic E-state index is -4.13. The molecule has 5 heteroatoms. The number of nitrogens with zero attached hydrogens (tertiary/aromatic N) is 2. The zero-order valence-corrected chi connectivity index (χ0v) is 6.10. The summed E-state index contributed by atoms with van der Waals surface area (Å²) < 4.78 is 35.9. The molecule has 0 aromatic carbocycles. The molecule has 1 aliphatic rings. The van der Waals surface area contributed by atoms with E-state index >= 15 is 0 Å². The predicted octanol–water partition coefficient (Wildman–Crippen LogP) is 1.49. The van der Waals surface area contributed by atoms with Gasteiger partial charge < -0.3 is 0 Å². The number of hydrogen-bond donors (Lipinski definition) is 0. The maximum Gasteiger partial charge on any atom is 0.398 e. The van der Waals surface area contributed by atoms with E-state index in [-0.39, 0.29) is 6.54 Å². The average molecular weight is 166 g/mol. The molecule has 0 radical (unpaired) electrons. The van der Waals surface area contributed by atoms with Crippen molar-refractivity contribution in [3.8, 4) is 0 Å². The Balaban J connectivity index is 2.50. The van der Waals surface area contributed by atoms with Crippen molar-refractivity contribution in [3.63, 3.8) is 0 Å². The lowest BCUT2D eigenvalue weighted by Crippen LogP contribution is -2.29. The largest absolute Gasteiger partial charge is 0.398 e. The van der Waals surface area contributed by atoms with E-state index in [1.54, 1.807) is 6.92 Å². The molecule has 1 atom stereocenters. The fourth-order valence-electron chi connectivity index (χ4n) is 0.895. The van der Waals surface area contributed by atoms with Crippen LogP contribution < -0.4 is 0 Å². The summed E-state index contributed by atoms with van der Waals surface area (Å²) in [5.74, 6) is -1.37. The smallest absolute Gasteiger partial charge is 0.297 e. The Morgan fingerprint density at radius 1 is 1.64 bits per heavy atom. The fourth-order valence-corrected chi connectivity index (χ4v) is 0.895. The molecule has 0 amide bonds. The molecule has 0 fully saturated rings. The van der Waals surface area contributed by atoms with Crippen molar-refractivity contribution in [1.29, 1.82) is 0 Å². The summed E-state index contributed by atoms with van der Waals surface area (Å²) in [6.07, 6.45) is -3.17. The molecule has 0 aliphatic carbocycles. The molecular weight excluding hydrogens is 157 g/mol. The van der Waals surface area contributed by atoms with E-state index in [9.17, 15) is 13.2 Å². The average Bonchev–Trinajstić information content (AvgIpc) is 2.32. The highest BCUT2D eigenvalue weighted by Gasteiger charge is 2.41. The summed E-state index contributed by atoms with van der Waals surface area (Å²) in [5.41, 5.74) is 0. The third kappa shape index (κ3) is 1.85. The molecule has 0 N–H and O–H groups in total. The Hall–Kier alpha value is -0.740. The van der Waals surface area contributed by atoms with E-state index in [0.29, 0.717) is 6.54 Å². The summed E-state index contributed by atoms with van der Waals surface area (Å²) >= 11 is 0. The van der Waals surface area contributed by atoms with Gasteiger partial charge in [-0.3, -0.25) is 5.01 Å². The van der Waals surface area contributed by atoms with Crippen LogP contribution in [0.4, 0.5) is 13.2 Å². The summed E-state index contributed by atoms with van der Waals surface area (Å²) in [5, 5.41) is 4.99. The molecule has 0 aromatic heterocycles. The van der Waals surface area contributed by atoms with Crippen LogP contribution in [0, 0.1) is 5.92 Å². The summed E-state index contributed by atoms with van der Waals surface area (Å²) in [4.78, 5) is 0. The van der Waals surface area contributed by atoms with Crippen molar-refractivity contribution >= 4 is 6.21 Å². The van der Waals surface area contributed by atoms with Crippen molar-refractivity contribution in [2.75, 3.05) is 13.1 Å². The number of rotatable bonds is 1. The van der Waals surface area contributed by atoms with Gasteiger partial charge in [-0.1, -0.05) is 0 Å². The molecule has 0 saturated carbocycles. The van der Waals surface area contributed by atoms with Crippen LogP contribution >= 0.6 is 0 Å². The Labute approximate surface area is 62.7 Å². The predicted molar refractivity (Wildman–Crippen MR) is 35.3 cm³/mol. The van der Waals surface area contributed by atoms with E-state index in [0.717, 1.165) is 6.21 Å². The number of hydrazone groups is 1. The summed E-state index contributed by atoms with van der Waals surface area (Å²) in [7, 11) is 0. The van der Waals surface area contributed by atoms with Crippen molar-refractivity contribution in [1.82, 2.24) is 5.01 Å². The minimum absolute atomic E-state index is 0.0278. The first-order valence-electron chi connectivity index (χ1n) is 3.39. The van der Waals surface area contributed by atoms with Crippen LogP contribution in [-0.4, -0.2) is 30.5 Å². The second-order valence-corrected chi connectivity index (χ2v) is 2.42. The number of alkyl halides is 3. The molecular formula is C6H9F3N2. The topological polar surface area (TPSA) is 15.6 Å². The molecule has 64 valence electrons. The standard InChI is InChI=1S/C6H9F3N2/c1-2-11-4-5(3-10-11)6(7,8)9/h3,5H,2,4H2,1H3. The van der Waals surface area contributed by atoms with Crippen molar-refractivity contribution in [3.05, 3.63) is 0 Å². The van der Waals surface area contributed by atoms with Gasteiger partial charge in [0.25, 0.3) is 0 Å². The van der Waals surface area contributed by atoms with Gasteiger partial charge in [-0.05, 0) is 6.92 Å². The van der Waals surface area contributed by atoms with Crippen molar-refractivity contribution in [2.24, 2.45) is 11.0 Å². The van der Waals surface area contributed by atoms with Gasteiger partial charge in [0.05, 0.1) is 6.54 Å². The van der Waals surface area contributed by atoms with E-state index < -0.39 is 12.1 Å². The van der Waals surface area contributed by atoms with Gasteiger partial charge in [0.1, 0.15) is 5.92 Å². The molecule has 0 bridgehead atoms. The van der Waals surface area contributed by atoms with Crippen LogP contribution in [0.2, 0.25) is 0 Å². The zero-order chi connectivity index (χ0) is 8.48. The highest BCUT2D eigenvalue weighted by Crippen LogP contribution is 2.28. The molecule has 1 heterocycles. The second kappa shape index (κ2) is 2.71. The van der Waals surface area contributed by atoms with E-state index in [1.807, 2.05) is 0 Å². The van der Waals surface area contributed by atoms with Gasteiger partial charge in [0.15, 0.2) is 0 Å². The molecule has 0 spiro atoms. The maximum absolute atomic E-state index is 12.0. The molecule has 1 unspecified atom stereocenters. The lowest BCUT2D eigenvalue weighted by molar-refractivity contribution is -0.154. The van der Waals surface area contributed by atoms with Crippen LogP contribution in [0.25, 0.3) is 0 Å². The van der Waals surface area contributed by atoms with Crippen molar-refractivity contribution < 1.29 is 13.2 Å². The third-order valence-corrected chi connectivity index (χ3v) is 1.60. The monoisotopic (exact) mass is 166 g/mol. The van der Waals surface area contributed by atoms with Gasteiger partial charge in [0.2, 0.25) is 0 Å². The van der Waals surface area contributed by atoms with Gasteiger partial charge in [-0.2, -0.15) is 18.3 Å². The Morgan fingerprint density at radius 2 is 2.27 bits per heavy atom. The van der Waals surface area contributed by atoms with E-state index in [2.05, 4.69) is 5.10 Å². The van der Waals surface area contributed by atoms with Gasteiger partial charge in [0, 0.05) is 12.8 Å². The molecule has 1 rings (SSSR count). The van der Waals surface area contributed by atoms with E-state index in [1.165, 1.54) is 5.01 Å².